The molecule has 1 saturated heterocycles. The Labute approximate surface area is 140 Å². The van der Waals surface area contributed by atoms with Gasteiger partial charge in [-0.2, -0.15) is 0 Å². The van der Waals surface area contributed by atoms with Gasteiger partial charge in [0.1, 0.15) is 0 Å². The second kappa shape index (κ2) is 6.17. The lowest BCUT2D eigenvalue weighted by molar-refractivity contribution is 0.156. The molecule has 1 aromatic carbocycles. The first-order chi connectivity index (χ1) is 10.7. The molecule has 2 aliphatic carbocycles. The number of rotatable bonds is 3. The molecule has 4 rings (SSSR count). The molecule has 3 aliphatic rings. The van der Waals surface area contributed by atoms with E-state index < -0.39 is 0 Å². The third kappa shape index (κ3) is 2.95. The maximum atomic E-state index is 6.20. The van der Waals surface area contributed by atoms with Gasteiger partial charge in [0.2, 0.25) is 0 Å². The highest BCUT2D eigenvalue weighted by Crippen LogP contribution is 2.48. The smallest absolute Gasteiger partial charge is 0.0409 e. The summed E-state index contributed by atoms with van der Waals surface area (Å²) in [4.78, 5) is 2.75. The van der Waals surface area contributed by atoms with Gasteiger partial charge in [-0.1, -0.05) is 24.1 Å². The fraction of sp³-hybridized carbons (Fsp3) is 0.700. The number of piperidine rings is 1. The maximum Gasteiger partial charge on any atom is 0.0409 e. The van der Waals surface area contributed by atoms with Crippen molar-refractivity contribution in [2.45, 2.75) is 51.4 Å². The van der Waals surface area contributed by atoms with Crippen LogP contribution in [0.15, 0.2) is 18.2 Å². The predicted molar refractivity (Wildman–Crippen MR) is 93.5 cm³/mol. The number of fused-ring (bicyclic) bond motifs is 2. The summed E-state index contributed by atoms with van der Waals surface area (Å²) in [5.74, 6) is 3.89. The number of hydrogen-bond donors (Lipinski definition) is 0. The van der Waals surface area contributed by atoms with Crippen LogP contribution < -0.4 is 0 Å². The molecule has 120 valence electrons. The normalized spacial score (nSPS) is 32.7. The minimum Gasteiger partial charge on any atom is -0.303 e. The number of halogens is 1. The van der Waals surface area contributed by atoms with E-state index in [2.05, 4.69) is 24.0 Å². The number of benzene rings is 1. The quantitative estimate of drug-likeness (QED) is 0.734. The van der Waals surface area contributed by atoms with Crippen LogP contribution in [0.1, 0.15) is 55.6 Å². The molecule has 0 radical (unpaired) electrons. The van der Waals surface area contributed by atoms with E-state index >= 15 is 0 Å². The summed E-state index contributed by atoms with van der Waals surface area (Å²) in [6.07, 6.45) is 8.73. The maximum absolute atomic E-state index is 6.20. The molecule has 1 aromatic rings. The van der Waals surface area contributed by atoms with Crippen LogP contribution in [0.3, 0.4) is 0 Å². The Morgan fingerprint density at radius 1 is 1.09 bits per heavy atom. The van der Waals surface area contributed by atoms with Crippen LogP contribution in [-0.4, -0.2) is 24.5 Å². The third-order valence-electron chi connectivity index (χ3n) is 6.65. The monoisotopic (exact) mass is 317 g/mol. The van der Waals surface area contributed by atoms with Crippen LogP contribution in [-0.2, 0) is 0 Å². The first-order valence-electron chi connectivity index (χ1n) is 9.17. The molecule has 0 spiro atoms. The Hall–Kier alpha value is -0.530. The first-order valence-corrected chi connectivity index (χ1v) is 9.55. The van der Waals surface area contributed by atoms with Crippen molar-refractivity contribution in [1.82, 2.24) is 4.90 Å². The number of likely N-dealkylation sites (tertiary alicyclic amines) is 1. The summed E-state index contributed by atoms with van der Waals surface area (Å²) in [6, 6.07) is 6.40. The van der Waals surface area contributed by atoms with Gasteiger partial charge in [0.15, 0.2) is 0 Å². The van der Waals surface area contributed by atoms with Crippen LogP contribution in [0, 0.1) is 24.7 Å². The van der Waals surface area contributed by atoms with Crippen molar-refractivity contribution in [2.75, 3.05) is 19.6 Å². The second-order valence-electron chi connectivity index (χ2n) is 8.01. The van der Waals surface area contributed by atoms with Crippen LogP contribution in [0.5, 0.6) is 0 Å². The van der Waals surface area contributed by atoms with Gasteiger partial charge < -0.3 is 4.90 Å². The molecular formula is C20H28ClN. The highest BCUT2D eigenvalue weighted by molar-refractivity contribution is 6.30. The van der Waals surface area contributed by atoms with E-state index in [1.54, 1.807) is 6.42 Å². The van der Waals surface area contributed by atoms with Crippen molar-refractivity contribution in [1.29, 1.82) is 0 Å². The average Bonchev–Trinajstić information content (AvgIpc) is 3.13. The summed E-state index contributed by atoms with van der Waals surface area (Å²) in [6.45, 7) is 6.17. The zero-order valence-electron chi connectivity index (χ0n) is 13.7. The van der Waals surface area contributed by atoms with Crippen molar-refractivity contribution in [3.8, 4) is 0 Å². The topological polar surface area (TPSA) is 3.24 Å². The molecule has 1 nitrogen and oxygen atoms in total. The SMILES string of the molecule is Cc1ccc(Cl)cc1C1CCN(CC2C[C@H]3CCC2C3)CC1. The molecule has 2 bridgehead atoms. The molecular weight excluding hydrogens is 290 g/mol. The van der Waals surface area contributed by atoms with Crippen molar-refractivity contribution in [2.24, 2.45) is 17.8 Å². The van der Waals surface area contributed by atoms with Crippen molar-refractivity contribution in [3.05, 3.63) is 34.3 Å². The Morgan fingerprint density at radius 2 is 1.91 bits per heavy atom. The molecule has 1 heterocycles. The Kier molecular flexibility index (Phi) is 4.21. The van der Waals surface area contributed by atoms with Crippen molar-refractivity contribution in [3.63, 3.8) is 0 Å². The molecule has 2 unspecified atom stereocenters. The van der Waals surface area contributed by atoms with Crippen molar-refractivity contribution >= 4 is 11.6 Å². The van der Waals surface area contributed by atoms with E-state index in [4.69, 9.17) is 11.6 Å². The Morgan fingerprint density at radius 3 is 2.59 bits per heavy atom. The number of nitrogens with zero attached hydrogens (tertiary/aromatic N) is 1. The molecule has 0 amide bonds. The summed E-state index contributed by atoms with van der Waals surface area (Å²) in [7, 11) is 0. The summed E-state index contributed by atoms with van der Waals surface area (Å²) < 4.78 is 0. The molecule has 0 N–H and O–H groups in total. The van der Waals surface area contributed by atoms with Gasteiger partial charge in [0.25, 0.3) is 0 Å². The van der Waals surface area contributed by atoms with Gasteiger partial charge >= 0.3 is 0 Å². The van der Waals surface area contributed by atoms with Gasteiger partial charge in [0, 0.05) is 11.6 Å². The highest BCUT2D eigenvalue weighted by Gasteiger charge is 2.40. The average molecular weight is 318 g/mol. The molecule has 0 aromatic heterocycles. The third-order valence-corrected chi connectivity index (χ3v) is 6.88. The molecule has 1 aliphatic heterocycles. The van der Waals surface area contributed by atoms with Crippen LogP contribution in [0.4, 0.5) is 0 Å². The summed E-state index contributed by atoms with van der Waals surface area (Å²) in [5.41, 5.74) is 2.91. The molecule has 3 atom stereocenters. The largest absolute Gasteiger partial charge is 0.303 e. The molecule has 3 fully saturated rings. The lowest BCUT2D eigenvalue weighted by atomic mass is 9.85. The van der Waals surface area contributed by atoms with Crippen LogP contribution >= 0.6 is 11.6 Å². The zero-order chi connectivity index (χ0) is 15.1. The van der Waals surface area contributed by atoms with Gasteiger partial charge in [-0.25, -0.2) is 0 Å². The predicted octanol–water partition coefficient (Wildman–Crippen LogP) is 5.26. The lowest BCUT2D eigenvalue weighted by Crippen LogP contribution is -2.37. The van der Waals surface area contributed by atoms with Crippen LogP contribution in [0.25, 0.3) is 0 Å². The molecule has 22 heavy (non-hydrogen) atoms. The highest BCUT2D eigenvalue weighted by atomic mass is 35.5. The van der Waals surface area contributed by atoms with Crippen molar-refractivity contribution < 1.29 is 0 Å². The zero-order valence-corrected chi connectivity index (χ0v) is 14.5. The number of hydrogen-bond acceptors (Lipinski definition) is 1. The fourth-order valence-corrected chi connectivity index (χ4v) is 5.59. The van der Waals surface area contributed by atoms with E-state index in [1.807, 2.05) is 6.07 Å². The van der Waals surface area contributed by atoms with Gasteiger partial charge in [0.05, 0.1) is 0 Å². The summed E-state index contributed by atoms with van der Waals surface area (Å²) in [5, 5.41) is 0.894. The van der Waals surface area contributed by atoms with E-state index in [0.717, 1.165) is 28.7 Å². The van der Waals surface area contributed by atoms with Gasteiger partial charge in [-0.3, -0.25) is 0 Å². The second-order valence-corrected chi connectivity index (χ2v) is 8.45. The number of aryl methyl sites for hydroxylation is 1. The fourth-order valence-electron chi connectivity index (χ4n) is 5.41. The lowest BCUT2D eigenvalue weighted by Gasteiger charge is -2.36. The van der Waals surface area contributed by atoms with Gasteiger partial charge in [-0.15, -0.1) is 0 Å². The molecule has 2 saturated carbocycles. The van der Waals surface area contributed by atoms with E-state index in [0.29, 0.717) is 0 Å². The van der Waals surface area contributed by atoms with E-state index in [1.165, 1.54) is 62.9 Å². The Bertz CT molecular complexity index is 533. The minimum atomic E-state index is 0.718. The van der Waals surface area contributed by atoms with E-state index in [9.17, 15) is 0 Å². The standard InChI is InChI=1S/C20H28ClN/c1-14-2-5-19(21)12-20(14)16-6-8-22(9-7-16)13-18-11-15-3-4-17(18)10-15/h2,5,12,15-18H,3-4,6-11,13H2,1H3/t15-,17?,18?/m0/s1. The van der Waals surface area contributed by atoms with E-state index in [-0.39, 0.29) is 0 Å². The van der Waals surface area contributed by atoms with Gasteiger partial charge in [-0.05, 0) is 99.0 Å². The summed E-state index contributed by atoms with van der Waals surface area (Å²) >= 11 is 6.20. The Balaban J connectivity index is 1.33. The minimum absolute atomic E-state index is 0.718. The van der Waals surface area contributed by atoms with Crippen LogP contribution in [0.2, 0.25) is 5.02 Å². The first kappa shape index (κ1) is 15.0. The molecule has 2 heteroatoms.